The van der Waals surface area contributed by atoms with Crippen LogP contribution in [0, 0.1) is 0 Å². The van der Waals surface area contributed by atoms with Gasteiger partial charge >= 0.3 is 0 Å². The number of aliphatic hydroxyl groups is 1. The largest absolute Gasteiger partial charge is 0.393 e. The first kappa shape index (κ1) is 14.8. The Balaban J connectivity index is 1.48. The van der Waals surface area contributed by atoms with Crippen LogP contribution in [0.2, 0.25) is 0 Å². The van der Waals surface area contributed by atoms with Crippen molar-refractivity contribution < 1.29 is 14.7 Å². The zero-order chi connectivity index (χ0) is 15.0. The van der Waals surface area contributed by atoms with Crippen LogP contribution in [0.1, 0.15) is 38.5 Å². The molecule has 6 heteroatoms. The second kappa shape index (κ2) is 5.93. The van der Waals surface area contributed by atoms with Gasteiger partial charge in [0.15, 0.2) is 0 Å². The summed E-state index contributed by atoms with van der Waals surface area (Å²) in [5.41, 5.74) is 0. The summed E-state index contributed by atoms with van der Waals surface area (Å²) in [5.74, 6) is -0.0698. The van der Waals surface area contributed by atoms with E-state index in [0.717, 1.165) is 38.5 Å². The molecule has 2 N–H and O–H groups in total. The average molecular weight is 295 g/mol. The van der Waals surface area contributed by atoms with Crippen molar-refractivity contribution in [3.63, 3.8) is 0 Å². The summed E-state index contributed by atoms with van der Waals surface area (Å²) in [5, 5.41) is 12.7. The Hall–Kier alpha value is -1.14. The van der Waals surface area contributed by atoms with Gasteiger partial charge in [0.1, 0.15) is 0 Å². The number of nitrogens with one attached hydrogen (secondary N) is 1. The lowest BCUT2D eigenvalue weighted by molar-refractivity contribution is -0.137. The molecule has 1 saturated carbocycles. The van der Waals surface area contributed by atoms with Crippen LogP contribution in [-0.2, 0) is 9.59 Å². The van der Waals surface area contributed by atoms with E-state index in [1.165, 1.54) is 4.90 Å². The van der Waals surface area contributed by atoms with E-state index in [2.05, 4.69) is 10.2 Å². The summed E-state index contributed by atoms with van der Waals surface area (Å²) in [6.07, 6.45) is 5.59. The summed E-state index contributed by atoms with van der Waals surface area (Å²) >= 11 is 0. The Morgan fingerprint density at radius 1 is 1.19 bits per heavy atom. The van der Waals surface area contributed by atoms with Crippen molar-refractivity contribution in [3.8, 4) is 0 Å². The van der Waals surface area contributed by atoms with E-state index in [0.29, 0.717) is 24.7 Å². The van der Waals surface area contributed by atoms with E-state index < -0.39 is 0 Å². The van der Waals surface area contributed by atoms with Crippen molar-refractivity contribution in [2.75, 3.05) is 20.1 Å². The third kappa shape index (κ3) is 3.55. The molecule has 2 amide bonds. The van der Waals surface area contributed by atoms with E-state index in [1.807, 2.05) is 0 Å². The number of fused-ring (bicyclic) bond motifs is 2. The second-order valence-electron chi connectivity index (χ2n) is 6.77. The van der Waals surface area contributed by atoms with Gasteiger partial charge in [0.2, 0.25) is 11.8 Å². The van der Waals surface area contributed by atoms with E-state index in [-0.39, 0.29) is 24.5 Å². The standard InChI is InChI=1S/C15H25N3O3/c1-17(8-14(20)16-10-2-3-10)15(21)9-18-11-4-5-12(18)7-13(19)6-11/h10-13,19H,2-9H2,1H3,(H,16,20). The minimum absolute atomic E-state index is 0.00534. The lowest BCUT2D eigenvalue weighted by atomic mass is 10.00. The molecular weight excluding hydrogens is 270 g/mol. The third-order valence-corrected chi connectivity index (χ3v) is 4.93. The highest BCUT2D eigenvalue weighted by Crippen LogP contribution is 2.35. The van der Waals surface area contributed by atoms with Gasteiger partial charge in [-0.2, -0.15) is 0 Å². The normalized spacial score (nSPS) is 32.0. The molecule has 0 aromatic carbocycles. The quantitative estimate of drug-likeness (QED) is 0.731. The van der Waals surface area contributed by atoms with Crippen molar-refractivity contribution in [2.45, 2.75) is 62.8 Å². The van der Waals surface area contributed by atoms with Gasteiger partial charge in [-0.1, -0.05) is 0 Å². The van der Waals surface area contributed by atoms with E-state index in [9.17, 15) is 14.7 Å². The number of amides is 2. The molecule has 2 aliphatic heterocycles. The van der Waals surface area contributed by atoms with Crippen LogP contribution >= 0.6 is 0 Å². The Morgan fingerprint density at radius 2 is 1.81 bits per heavy atom. The molecule has 3 fully saturated rings. The van der Waals surface area contributed by atoms with Crippen molar-refractivity contribution >= 4 is 11.8 Å². The Bertz CT molecular complexity index is 410. The summed E-state index contributed by atoms with van der Waals surface area (Å²) in [7, 11) is 1.69. The average Bonchev–Trinajstić information content (AvgIpc) is 3.18. The van der Waals surface area contributed by atoms with Crippen LogP contribution in [0.5, 0.6) is 0 Å². The zero-order valence-electron chi connectivity index (χ0n) is 12.6. The van der Waals surface area contributed by atoms with Crippen LogP contribution in [0.4, 0.5) is 0 Å². The van der Waals surface area contributed by atoms with Gasteiger partial charge in [-0.15, -0.1) is 0 Å². The lowest BCUT2D eigenvalue weighted by Crippen LogP contribution is -2.50. The molecule has 2 heterocycles. The molecular formula is C15H25N3O3. The molecule has 0 radical (unpaired) electrons. The molecule has 2 saturated heterocycles. The van der Waals surface area contributed by atoms with Gasteiger partial charge in [-0.05, 0) is 38.5 Å². The zero-order valence-corrected chi connectivity index (χ0v) is 12.6. The first-order chi connectivity index (χ1) is 10.0. The number of rotatable bonds is 5. The molecule has 6 nitrogen and oxygen atoms in total. The number of likely N-dealkylation sites (N-methyl/N-ethyl adjacent to an activating group) is 1. The summed E-state index contributed by atoms with van der Waals surface area (Å²) < 4.78 is 0. The van der Waals surface area contributed by atoms with Crippen LogP contribution in [-0.4, -0.2) is 71.1 Å². The molecule has 118 valence electrons. The maximum Gasteiger partial charge on any atom is 0.239 e. The molecule has 2 unspecified atom stereocenters. The summed E-state index contributed by atoms with van der Waals surface area (Å²) in [6.45, 7) is 0.510. The SMILES string of the molecule is CN(CC(=O)NC1CC1)C(=O)CN1C2CCC1CC(O)C2. The minimum Gasteiger partial charge on any atom is -0.393 e. The number of aliphatic hydroxyl groups excluding tert-OH is 1. The highest BCUT2D eigenvalue weighted by atomic mass is 16.3. The number of carbonyl (C=O) groups is 2. The summed E-state index contributed by atoms with van der Waals surface area (Å²) in [6, 6.07) is 0.994. The van der Waals surface area contributed by atoms with E-state index >= 15 is 0 Å². The minimum atomic E-state index is -0.212. The maximum atomic E-state index is 12.3. The van der Waals surface area contributed by atoms with Crippen molar-refractivity contribution in [1.82, 2.24) is 15.1 Å². The van der Waals surface area contributed by atoms with Crippen LogP contribution in [0.3, 0.4) is 0 Å². The third-order valence-electron chi connectivity index (χ3n) is 4.93. The van der Waals surface area contributed by atoms with Crippen LogP contribution in [0.15, 0.2) is 0 Å². The van der Waals surface area contributed by atoms with Gasteiger partial charge in [0, 0.05) is 25.2 Å². The number of carbonyl (C=O) groups excluding carboxylic acids is 2. The first-order valence-electron chi connectivity index (χ1n) is 8.00. The molecule has 0 aromatic rings. The predicted octanol–water partition coefficient (Wildman–Crippen LogP) is -0.289. The Labute approximate surface area is 125 Å². The monoisotopic (exact) mass is 295 g/mol. The van der Waals surface area contributed by atoms with Gasteiger partial charge in [0.05, 0.1) is 19.2 Å². The maximum absolute atomic E-state index is 12.3. The van der Waals surface area contributed by atoms with Crippen LogP contribution in [0.25, 0.3) is 0 Å². The first-order valence-corrected chi connectivity index (χ1v) is 8.00. The fourth-order valence-corrected chi connectivity index (χ4v) is 3.59. The van der Waals surface area contributed by atoms with Gasteiger partial charge in [-0.25, -0.2) is 0 Å². The highest BCUT2D eigenvalue weighted by molar-refractivity contribution is 5.85. The summed E-state index contributed by atoms with van der Waals surface area (Å²) in [4.78, 5) is 27.8. The Morgan fingerprint density at radius 3 is 2.38 bits per heavy atom. The Kier molecular flexibility index (Phi) is 4.17. The van der Waals surface area contributed by atoms with E-state index in [1.54, 1.807) is 7.05 Å². The molecule has 0 spiro atoms. The van der Waals surface area contributed by atoms with Gasteiger partial charge < -0.3 is 15.3 Å². The fraction of sp³-hybridized carbons (Fsp3) is 0.867. The fourth-order valence-electron chi connectivity index (χ4n) is 3.59. The number of nitrogens with zero attached hydrogens (tertiary/aromatic N) is 2. The van der Waals surface area contributed by atoms with Crippen molar-refractivity contribution in [3.05, 3.63) is 0 Å². The molecule has 1 aliphatic carbocycles. The molecule has 2 bridgehead atoms. The molecule has 2 atom stereocenters. The number of piperidine rings is 1. The molecule has 0 aromatic heterocycles. The predicted molar refractivity (Wildman–Crippen MR) is 77.6 cm³/mol. The smallest absolute Gasteiger partial charge is 0.239 e. The number of hydrogen-bond donors (Lipinski definition) is 2. The molecule has 21 heavy (non-hydrogen) atoms. The van der Waals surface area contributed by atoms with Crippen molar-refractivity contribution in [2.24, 2.45) is 0 Å². The molecule has 3 rings (SSSR count). The topological polar surface area (TPSA) is 72.9 Å². The van der Waals surface area contributed by atoms with Crippen LogP contribution < -0.4 is 5.32 Å². The van der Waals surface area contributed by atoms with Crippen molar-refractivity contribution in [1.29, 1.82) is 0 Å². The van der Waals surface area contributed by atoms with Gasteiger partial charge in [0.25, 0.3) is 0 Å². The highest BCUT2D eigenvalue weighted by Gasteiger charge is 2.41. The van der Waals surface area contributed by atoms with E-state index in [4.69, 9.17) is 0 Å². The molecule has 3 aliphatic rings. The lowest BCUT2D eigenvalue weighted by Gasteiger charge is -2.37. The second-order valence-corrected chi connectivity index (χ2v) is 6.77. The number of hydrogen-bond acceptors (Lipinski definition) is 4. The van der Waals surface area contributed by atoms with Gasteiger partial charge in [-0.3, -0.25) is 14.5 Å².